The molecule has 0 unspecified atom stereocenters. The molecule has 3 rings (SSSR count). The molecule has 0 bridgehead atoms. The van der Waals surface area contributed by atoms with Gasteiger partial charge < -0.3 is 26.0 Å². The quantitative estimate of drug-likeness (QED) is 0.461. The average Bonchev–Trinajstić information content (AvgIpc) is 2.79. The number of hydrogen-bond donors (Lipinski definition) is 4. The summed E-state index contributed by atoms with van der Waals surface area (Å²) in [5.41, 5.74) is 1.09. The van der Waals surface area contributed by atoms with Crippen LogP contribution < -0.4 is 16.0 Å². The fourth-order valence-corrected chi connectivity index (χ4v) is 3.20. The fourth-order valence-electron chi connectivity index (χ4n) is 3.20. The molecule has 1 aliphatic rings. The molecule has 0 atom stereocenters. The maximum absolute atomic E-state index is 12.2. The zero-order valence-electron chi connectivity index (χ0n) is 16.9. The van der Waals surface area contributed by atoms with E-state index in [1.165, 1.54) is 6.20 Å². The van der Waals surface area contributed by atoms with Crippen LogP contribution in [0.1, 0.15) is 30.4 Å². The van der Waals surface area contributed by atoms with E-state index in [1.54, 1.807) is 12.1 Å². The molecule has 158 valence electrons. The molecule has 1 aromatic carbocycles. The lowest BCUT2D eigenvalue weighted by Gasteiger charge is -2.27. The van der Waals surface area contributed by atoms with E-state index < -0.39 is 0 Å². The number of carbonyl (C=O) groups excluding carboxylic acids is 1. The predicted octanol–water partition coefficient (Wildman–Crippen LogP) is 1.68. The Morgan fingerprint density at radius 2 is 2.03 bits per heavy atom. The van der Waals surface area contributed by atoms with E-state index in [0.29, 0.717) is 36.8 Å². The second kappa shape index (κ2) is 11.0. The Hall–Kier alpha value is -3.38. The van der Waals surface area contributed by atoms with Gasteiger partial charge in [0.1, 0.15) is 23.2 Å². The van der Waals surface area contributed by atoms with Crippen molar-refractivity contribution in [2.45, 2.75) is 25.8 Å². The Morgan fingerprint density at radius 1 is 1.23 bits per heavy atom. The monoisotopic (exact) mass is 409 g/mol. The van der Waals surface area contributed by atoms with Crippen LogP contribution in [0.15, 0.2) is 30.5 Å². The molecular formula is C21H27N7O2. The Balaban J connectivity index is 1.46. The molecule has 0 radical (unpaired) electrons. The van der Waals surface area contributed by atoms with Gasteiger partial charge in [-0.3, -0.25) is 4.79 Å². The molecule has 1 saturated heterocycles. The largest absolute Gasteiger partial charge is 0.508 e. The standard InChI is InChI=1S/C21H27N7O2/c22-13-17-15-26-21(25-14-16-5-1-2-6-18(16)29)27-20(17)24-8-4-3-7-19(30)28-11-9-23-10-12-28/h1-2,5-6,15,23,29H,3-4,7-12,14H2,(H2,24,25,26,27). The first-order valence-electron chi connectivity index (χ1n) is 10.2. The fraction of sp³-hybridized carbons (Fsp3) is 0.429. The maximum atomic E-state index is 12.2. The highest BCUT2D eigenvalue weighted by Gasteiger charge is 2.15. The van der Waals surface area contributed by atoms with Crippen LogP contribution in [0.2, 0.25) is 0 Å². The van der Waals surface area contributed by atoms with Gasteiger partial charge in [0.25, 0.3) is 0 Å². The van der Waals surface area contributed by atoms with E-state index >= 15 is 0 Å². The minimum Gasteiger partial charge on any atom is -0.508 e. The van der Waals surface area contributed by atoms with Gasteiger partial charge in [-0.15, -0.1) is 0 Å². The molecule has 30 heavy (non-hydrogen) atoms. The first-order valence-corrected chi connectivity index (χ1v) is 10.2. The van der Waals surface area contributed by atoms with Crippen molar-refractivity contribution in [3.8, 4) is 11.8 Å². The van der Waals surface area contributed by atoms with Gasteiger partial charge in [0.2, 0.25) is 11.9 Å². The molecule has 0 aliphatic carbocycles. The number of nitriles is 1. The number of unbranched alkanes of at least 4 members (excludes halogenated alkanes) is 1. The molecule has 1 aromatic heterocycles. The molecule has 4 N–H and O–H groups in total. The van der Waals surface area contributed by atoms with Crippen LogP contribution in [0.25, 0.3) is 0 Å². The number of nitrogens with zero attached hydrogens (tertiary/aromatic N) is 4. The SMILES string of the molecule is N#Cc1cnc(NCc2ccccc2O)nc1NCCCCC(=O)N1CCNCC1. The second-order valence-corrected chi connectivity index (χ2v) is 7.06. The smallest absolute Gasteiger partial charge is 0.224 e. The predicted molar refractivity (Wildman–Crippen MR) is 114 cm³/mol. The zero-order valence-corrected chi connectivity index (χ0v) is 16.9. The molecule has 1 aliphatic heterocycles. The number of benzene rings is 1. The number of para-hydroxylation sites is 1. The summed E-state index contributed by atoms with van der Waals surface area (Å²) >= 11 is 0. The average molecular weight is 409 g/mol. The van der Waals surface area contributed by atoms with E-state index in [0.717, 1.165) is 44.6 Å². The van der Waals surface area contributed by atoms with Gasteiger partial charge in [0.15, 0.2) is 0 Å². The van der Waals surface area contributed by atoms with Crippen LogP contribution in [-0.4, -0.2) is 58.6 Å². The van der Waals surface area contributed by atoms with Gasteiger partial charge in [-0.25, -0.2) is 4.98 Å². The van der Waals surface area contributed by atoms with Crippen molar-refractivity contribution in [3.05, 3.63) is 41.6 Å². The van der Waals surface area contributed by atoms with E-state index in [-0.39, 0.29) is 11.7 Å². The number of amides is 1. The van der Waals surface area contributed by atoms with Gasteiger partial charge in [-0.05, 0) is 18.9 Å². The van der Waals surface area contributed by atoms with E-state index in [4.69, 9.17) is 0 Å². The molecule has 9 nitrogen and oxygen atoms in total. The van der Waals surface area contributed by atoms with Gasteiger partial charge >= 0.3 is 0 Å². The summed E-state index contributed by atoms with van der Waals surface area (Å²) in [6.07, 6.45) is 3.58. The number of nitrogens with one attached hydrogen (secondary N) is 3. The maximum Gasteiger partial charge on any atom is 0.224 e. The van der Waals surface area contributed by atoms with Crippen molar-refractivity contribution in [1.29, 1.82) is 5.26 Å². The summed E-state index contributed by atoms with van der Waals surface area (Å²) in [7, 11) is 0. The lowest BCUT2D eigenvalue weighted by atomic mass is 10.2. The number of rotatable bonds is 9. The van der Waals surface area contributed by atoms with Crippen molar-refractivity contribution >= 4 is 17.7 Å². The minimum absolute atomic E-state index is 0.201. The van der Waals surface area contributed by atoms with Gasteiger partial charge in [-0.1, -0.05) is 18.2 Å². The highest BCUT2D eigenvalue weighted by atomic mass is 16.3. The van der Waals surface area contributed by atoms with Crippen molar-refractivity contribution in [2.24, 2.45) is 0 Å². The number of phenols is 1. The van der Waals surface area contributed by atoms with E-state index in [9.17, 15) is 15.2 Å². The molecule has 1 fully saturated rings. The number of aromatic nitrogens is 2. The van der Waals surface area contributed by atoms with Gasteiger partial charge in [0.05, 0.1) is 6.20 Å². The third-order valence-corrected chi connectivity index (χ3v) is 4.92. The van der Waals surface area contributed by atoms with Crippen molar-refractivity contribution in [2.75, 3.05) is 43.4 Å². The van der Waals surface area contributed by atoms with E-state index in [2.05, 4.69) is 32.0 Å². The highest BCUT2D eigenvalue weighted by molar-refractivity contribution is 5.76. The summed E-state index contributed by atoms with van der Waals surface area (Å²) in [6.45, 7) is 4.25. The van der Waals surface area contributed by atoms with Gasteiger partial charge in [0, 0.05) is 51.3 Å². The van der Waals surface area contributed by atoms with Crippen LogP contribution >= 0.6 is 0 Å². The summed E-state index contributed by atoms with van der Waals surface area (Å²) < 4.78 is 0. The molecular weight excluding hydrogens is 382 g/mol. The van der Waals surface area contributed by atoms with Crippen LogP contribution in [-0.2, 0) is 11.3 Å². The molecule has 2 heterocycles. The van der Waals surface area contributed by atoms with Crippen molar-refractivity contribution in [1.82, 2.24) is 20.2 Å². The Morgan fingerprint density at radius 3 is 2.80 bits per heavy atom. The van der Waals surface area contributed by atoms with Gasteiger partial charge in [-0.2, -0.15) is 10.2 Å². The summed E-state index contributed by atoms with van der Waals surface area (Å²) in [6, 6.07) is 9.12. The third kappa shape index (κ3) is 6.06. The van der Waals surface area contributed by atoms with Crippen molar-refractivity contribution in [3.63, 3.8) is 0 Å². The van der Waals surface area contributed by atoms with Crippen LogP contribution in [0.4, 0.5) is 11.8 Å². The first-order chi connectivity index (χ1) is 14.7. The van der Waals surface area contributed by atoms with Crippen molar-refractivity contribution < 1.29 is 9.90 Å². The molecule has 1 amide bonds. The first kappa shape index (κ1) is 21.3. The Bertz CT molecular complexity index is 891. The number of phenolic OH excluding ortho intramolecular Hbond substituents is 1. The lowest BCUT2D eigenvalue weighted by molar-refractivity contribution is -0.131. The summed E-state index contributed by atoms with van der Waals surface area (Å²) in [5, 5.41) is 28.6. The Labute approximate surface area is 176 Å². The number of anilines is 2. The molecule has 9 heteroatoms. The summed E-state index contributed by atoms with van der Waals surface area (Å²) in [4.78, 5) is 22.6. The second-order valence-electron chi connectivity index (χ2n) is 7.06. The zero-order chi connectivity index (χ0) is 21.2. The summed E-state index contributed by atoms with van der Waals surface area (Å²) in [5.74, 6) is 1.23. The minimum atomic E-state index is 0.201. The molecule has 2 aromatic rings. The lowest BCUT2D eigenvalue weighted by Crippen LogP contribution is -2.46. The van der Waals surface area contributed by atoms with E-state index in [1.807, 2.05) is 17.0 Å². The number of carbonyl (C=O) groups is 1. The van der Waals surface area contributed by atoms with Crippen LogP contribution in [0.5, 0.6) is 5.75 Å². The number of hydrogen-bond acceptors (Lipinski definition) is 8. The molecule has 0 spiro atoms. The number of piperazine rings is 1. The number of aromatic hydroxyl groups is 1. The molecule has 0 saturated carbocycles. The van der Waals surface area contributed by atoms with Crippen LogP contribution in [0.3, 0.4) is 0 Å². The highest BCUT2D eigenvalue weighted by Crippen LogP contribution is 2.18. The topological polar surface area (TPSA) is 126 Å². The normalized spacial score (nSPS) is 13.5. The Kier molecular flexibility index (Phi) is 7.80. The van der Waals surface area contributed by atoms with Crippen LogP contribution in [0, 0.1) is 11.3 Å². The third-order valence-electron chi connectivity index (χ3n) is 4.92.